The normalized spacial score (nSPS) is 68.6. The molecule has 6 heteroatoms. The number of aliphatic hydroxyl groups excluding tert-OH is 2. The summed E-state index contributed by atoms with van der Waals surface area (Å²) in [7, 11) is 0. The topological polar surface area (TPSA) is 40.5 Å². The summed E-state index contributed by atoms with van der Waals surface area (Å²) >= 11 is 14.8. The molecule has 0 amide bonds. The van der Waals surface area contributed by atoms with Crippen molar-refractivity contribution in [3.63, 3.8) is 0 Å². The van der Waals surface area contributed by atoms with Gasteiger partial charge < -0.3 is 10.2 Å². The monoisotopic (exact) mass is 480 g/mol. The maximum absolute atomic E-state index is 10.4. The van der Waals surface area contributed by atoms with Gasteiger partial charge >= 0.3 is 0 Å². The zero-order valence-electron chi connectivity index (χ0n) is 8.39. The minimum Gasteiger partial charge on any atom is -0.390 e. The van der Waals surface area contributed by atoms with Gasteiger partial charge in [-0.25, -0.2) is 0 Å². The van der Waals surface area contributed by atoms with Crippen LogP contribution < -0.4 is 0 Å². The highest BCUT2D eigenvalue weighted by atomic mass is 79.9. The van der Waals surface area contributed by atoms with E-state index in [1.54, 1.807) is 0 Å². The first kappa shape index (κ1) is 12.9. The molecule has 0 heterocycles. The van der Waals surface area contributed by atoms with Crippen molar-refractivity contribution in [2.45, 2.75) is 55.2 Å². The molecule has 4 aliphatic carbocycles. The summed E-state index contributed by atoms with van der Waals surface area (Å²) in [4.78, 5) is 0. The van der Waals surface area contributed by atoms with E-state index in [1.807, 2.05) is 0 Å². The van der Waals surface area contributed by atoms with Gasteiger partial charge in [0.05, 0.1) is 29.5 Å². The minimum atomic E-state index is -0.413. The summed E-state index contributed by atoms with van der Waals surface area (Å²) in [6.45, 7) is 0. The van der Waals surface area contributed by atoms with Crippen LogP contribution in [0.15, 0.2) is 0 Å². The van der Waals surface area contributed by atoms with Gasteiger partial charge in [0.25, 0.3) is 0 Å². The average Bonchev–Trinajstić information content (AvgIpc) is 2.08. The second kappa shape index (κ2) is 3.29. The fourth-order valence-corrected chi connectivity index (χ4v) is 11.8. The third kappa shape index (κ3) is 1.40. The molecular formula is C10H12Br4O2. The van der Waals surface area contributed by atoms with E-state index in [0.717, 1.165) is 25.7 Å². The number of rotatable bonds is 0. The van der Waals surface area contributed by atoms with E-state index in [9.17, 15) is 10.2 Å². The number of hydrogen-bond acceptors (Lipinski definition) is 2. The van der Waals surface area contributed by atoms with Crippen LogP contribution in [0.3, 0.4) is 0 Å². The molecule has 4 aliphatic rings. The molecule has 4 rings (SSSR count). The Kier molecular flexibility index (Phi) is 2.64. The summed E-state index contributed by atoms with van der Waals surface area (Å²) in [6, 6.07) is 0. The molecule has 0 radical (unpaired) electrons. The first-order valence-electron chi connectivity index (χ1n) is 5.26. The Balaban J connectivity index is 2.15. The van der Waals surface area contributed by atoms with Crippen LogP contribution in [0.1, 0.15) is 25.7 Å². The van der Waals surface area contributed by atoms with Gasteiger partial charge in [0, 0.05) is 0 Å². The molecule has 4 bridgehead atoms. The van der Waals surface area contributed by atoms with E-state index in [1.165, 1.54) is 0 Å². The highest BCUT2D eigenvalue weighted by Crippen LogP contribution is 2.70. The molecule has 2 N–H and O–H groups in total. The van der Waals surface area contributed by atoms with Crippen LogP contribution in [0.25, 0.3) is 0 Å². The number of aliphatic hydroxyl groups is 2. The maximum atomic E-state index is 10.4. The molecule has 0 aliphatic heterocycles. The molecule has 4 saturated carbocycles. The fourth-order valence-electron chi connectivity index (χ4n) is 3.90. The highest BCUT2D eigenvalue weighted by molar-refractivity contribution is 9.12. The van der Waals surface area contributed by atoms with Crippen LogP contribution in [0.2, 0.25) is 0 Å². The Bertz CT molecular complexity index is 285. The molecule has 0 aromatic rings. The minimum absolute atomic E-state index is 0.306. The van der Waals surface area contributed by atoms with Crippen molar-refractivity contribution < 1.29 is 10.2 Å². The molecule has 4 fully saturated rings. The van der Waals surface area contributed by atoms with Crippen molar-refractivity contribution >= 4 is 63.7 Å². The molecule has 2 nitrogen and oxygen atoms in total. The maximum Gasteiger partial charge on any atom is 0.0848 e. The van der Waals surface area contributed by atoms with Crippen LogP contribution in [-0.4, -0.2) is 39.7 Å². The van der Waals surface area contributed by atoms with E-state index in [0.29, 0.717) is 0 Å². The third-order valence-corrected chi connectivity index (χ3v) is 8.29. The van der Waals surface area contributed by atoms with Gasteiger partial charge in [0.2, 0.25) is 0 Å². The lowest BCUT2D eigenvalue weighted by molar-refractivity contribution is -0.0857. The van der Waals surface area contributed by atoms with Crippen molar-refractivity contribution in [3.8, 4) is 0 Å². The third-order valence-electron chi connectivity index (χ3n) is 4.31. The molecule has 0 aromatic heterocycles. The summed E-state index contributed by atoms with van der Waals surface area (Å²) in [5.74, 6) is 0. The van der Waals surface area contributed by atoms with E-state index in [4.69, 9.17) is 0 Å². The Morgan fingerprint density at radius 2 is 0.812 bits per heavy atom. The fraction of sp³-hybridized carbons (Fsp3) is 1.00. The summed E-state index contributed by atoms with van der Waals surface area (Å²) in [5, 5.41) is 20.9. The van der Waals surface area contributed by atoms with E-state index >= 15 is 0 Å². The molecule has 0 aromatic carbocycles. The lowest BCUT2D eigenvalue weighted by Gasteiger charge is -2.68. The van der Waals surface area contributed by atoms with Crippen LogP contribution in [0, 0.1) is 0 Å². The molecule has 16 heavy (non-hydrogen) atoms. The van der Waals surface area contributed by atoms with Crippen LogP contribution >= 0.6 is 63.7 Å². The largest absolute Gasteiger partial charge is 0.390 e. The van der Waals surface area contributed by atoms with E-state index < -0.39 is 12.2 Å². The van der Waals surface area contributed by atoms with Gasteiger partial charge in [-0.15, -0.1) is 0 Å². The Hall–Kier alpha value is 1.84. The van der Waals surface area contributed by atoms with Gasteiger partial charge in [0.1, 0.15) is 0 Å². The molecule has 0 saturated heterocycles. The SMILES string of the molecule is OC1C2(Br)CC3(Br)CC1(Br)CC(Br)(C2)C3O. The average molecular weight is 484 g/mol. The Labute approximate surface area is 128 Å². The van der Waals surface area contributed by atoms with Crippen LogP contribution in [0.4, 0.5) is 0 Å². The van der Waals surface area contributed by atoms with Crippen LogP contribution in [-0.2, 0) is 0 Å². The summed E-state index contributed by atoms with van der Waals surface area (Å²) in [5.41, 5.74) is 0. The zero-order chi connectivity index (χ0) is 12.0. The van der Waals surface area contributed by atoms with Gasteiger partial charge in [-0.3, -0.25) is 0 Å². The van der Waals surface area contributed by atoms with E-state index in [2.05, 4.69) is 63.7 Å². The van der Waals surface area contributed by atoms with Crippen molar-refractivity contribution in [1.29, 1.82) is 0 Å². The van der Waals surface area contributed by atoms with Crippen LogP contribution in [0.5, 0.6) is 0 Å². The lowest BCUT2D eigenvalue weighted by Crippen LogP contribution is -2.77. The van der Waals surface area contributed by atoms with E-state index in [-0.39, 0.29) is 17.3 Å². The quantitative estimate of drug-likeness (QED) is 0.520. The molecule has 0 atom stereocenters. The molecule has 0 spiro atoms. The molecule has 92 valence electrons. The second-order valence-electron chi connectivity index (χ2n) is 5.65. The van der Waals surface area contributed by atoms with Gasteiger partial charge in [-0.1, -0.05) is 63.7 Å². The predicted octanol–water partition coefficient (Wildman–Crippen LogP) is 2.84. The van der Waals surface area contributed by atoms with Gasteiger partial charge in [-0.05, 0) is 25.7 Å². The summed E-state index contributed by atoms with van der Waals surface area (Å²) in [6.07, 6.45) is 2.19. The Morgan fingerprint density at radius 3 is 1.00 bits per heavy atom. The number of alkyl halides is 4. The molecule has 0 unspecified atom stereocenters. The summed E-state index contributed by atoms with van der Waals surface area (Å²) < 4.78 is -1.23. The molecular weight excluding hydrogens is 472 g/mol. The predicted molar refractivity (Wildman–Crippen MR) is 77.1 cm³/mol. The number of halogens is 4. The smallest absolute Gasteiger partial charge is 0.0848 e. The van der Waals surface area contributed by atoms with Crippen molar-refractivity contribution in [2.75, 3.05) is 0 Å². The standard InChI is InChI=1S/C10H12Br4O2/c11-7-1-8(12)3-10(14,5(7)15)4-9(13,2-7)6(8)16/h5-6,15-16H,1-4H2. The van der Waals surface area contributed by atoms with Crippen molar-refractivity contribution in [1.82, 2.24) is 0 Å². The first-order chi connectivity index (χ1) is 7.14. The number of hydrogen-bond donors (Lipinski definition) is 2. The zero-order valence-corrected chi connectivity index (χ0v) is 14.7. The van der Waals surface area contributed by atoms with Crippen molar-refractivity contribution in [3.05, 3.63) is 0 Å². The second-order valence-corrected chi connectivity index (χ2v) is 12.0. The Morgan fingerprint density at radius 1 is 0.625 bits per heavy atom. The first-order valence-corrected chi connectivity index (χ1v) is 8.43. The lowest BCUT2D eigenvalue weighted by atomic mass is 9.53. The highest BCUT2D eigenvalue weighted by Gasteiger charge is 2.74. The van der Waals surface area contributed by atoms with Crippen molar-refractivity contribution in [2.24, 2.45) is 0 Å². The van der Waals surface area contributed by atoms with Gasteiger partial charge in [-0.2, -0.15) is 0 Å². The van der Waals surface area contributed by atoms with Gasteiger partial charge in [0.15, 0.2) is 0 Å².